The Morgan fingerprint density at radius 1 is 0.927 bits per heavy atom. The van der Waals surface area contributed by atoms with Gasteiger partial charge in [0, 0.05) is 18.9 Å². The molecular weight excluding hydrogens is 560 g/mol. The number of hydrogen-bond donors (Lipinski definition) is 2. The van der Waals surface area contributed by atoms with Crippen molar-refractivity contribution in [1.29, 1.82) is 0 Å². The van der Waals surface area contributed by atoms with Crippen molar-refractivity contribution < 1.29 is 44.7 Å². The van der Waals surface area contributed by atoms with E-state index in [4.69, 9.17) is 0 Å². The number of amides is 2. The summed E-state index contributed by atoms with van der Waals surface area (Å²) in [5.74, 6) is -6.03. The van der Waals surface area contributed by atoms with Crippen molar-refractivity contribution in [3.8, 4) is 5.75 Å². The summed E-state index contributed by atoms with van der Waals surface area (Å²) >= 11 is 0. The fourth-order valence-electron chi connectivity index (χ4n) is 4.93. The molecule has 220 valence electrons. The first-order valence-electron chi connectivity index (χ1n) is 12.7. The van der Waals surface area contributed by atoms with E-state index < -0.39 is 59.9 Å². The number of rotatable bonds is 9. The molecule has 0 heterocycles. The number of ether oxygens (including phenoxy) is 1. The SMILES string of the molecule is O=C(NC1CCCCC1(F)F)NC(Cc1ccccc1)(c1ccc(F)cc1)c1cc(F)cc(OC(F)(F)C(F)F)c1. The predicted octanol–water partition coefficient (Wildman–Crippen LogP) is 7.56. The van der Waals surface area contributed by atoms with Crippen molar-refractivity contribution in [2.24, 2.45) is 0 Å². The summed E-state index contributed by atoms with van der Waals surface area (Å²) in [6.45, 7) is 0. The van der Waals surface area contributed by atoms with E-state index in [9.17, 15) is 39.9 Å². The minimum atomic E-state index is -4.97. The third-order valence-corrected chi connectivity index (χ3v) is 6.92. The van der Waals surface area contributed by atoms with Crippen molar-refractivity contribution in [2.75, 3.05) is 0 Å². The molecule has 0 saturated heterocycles. The maximum atomic E-state index is 14.9. The summed E-state index contributed by atoms with van der Waals surface area (Å²) in [7, 11) is 0. The summed E-state index contributed by atoms with van der Waals surface area (Å²) in [6, 6.07) is 12.3. The lowest BCUT2D eigenvalue weighted by atomic mass is 9.77. The van der Waals surface area contributed by atoms with E-state index >= 15 is 0 Å². The van der Waals surface area contributed by atoms with Crippen LogP contribution in [0.3, 0.4) is 0 Å². The molecule has 4 nitrogen and oxygen atoms in total. The maximum Gasteiger partial charge on any atom is 0.461 e. The van der Waals surface area contributed by atoms with Crippen LogP contribution >= 0.6 is 0 Å². The smallest absolute Gasteiger partial charge is 0.428 e. The van der Waals surface area contributed by atoms with Gasteiger partial charge in [0.1, 0.15) is 17.4 Å². The van der Waals surface area contributed by atoms with Gasteiger partial charge in [0.05, 0.1) is 11.6 Å². The molecule has 0 aromatic heterocycles. The van der Waals surface area contributed by atoms with E-state index in [0.29, 0.717) is 18.1 Å². The highest BCUT2D eigenvalue weighted by atomic mass is 19.3. The highest BCUT2D eigenvalue weighted by Crippen LogP contribution is 2.38. The average Bonchev–Trinajstić information content (AvgIpc) is 2.90. The molecule has 2 unspecified atom stereocenters. The van der Waals surface area contributed by atoms with Crippen LogP contribution < -0.4 is 15.4 Å². The Labute approximate surface area is 230 Å². The second kappa shape index (κ2) is 12.0. The number of hydrogen-bond acceptors (Lipinski definition) is 2. The van der Waals surface area contributed by atoms with Crippen molar-refractivity contribution in [2.45, 2.75) is 62.1 Å². The van der Waals surface area contributed by atoms with Crippen LogP contribution in [0.5, 0.6) is 5.75 Å². The Hall–Kier alpha value is -3.83. The Morgan fingerprint density at radius 3 is 2.24 bits per heavy atom. The summed E-state index contributed by atoms with van der Waals surface area (Å²) < 4.78 is 115. The normalized spacial score (nSPS) is 18.4. The zero-order chi connectivity index (χ0) is 29.8. The molecule has 12 heteroatoms. The quantitative estimate of drug-likeness (QED) is 0.254. The molecule has 1 fully saturated rings. The molecule has 3 aromatic carbocycles. The second-order valence-electron chi connectivity index (χ2n) is 9.87. The van der Waals surface area contributed by atoms with Crippen LogP contribution in [0.1, 0.15) is 42.4 Å². The Bertz CT molecular complexity index is 1340. The first kappa shape index (κ1) is 30.1. The fourth-order valence-corrected chi connectivity index (χ4v) is 4.93. The third kappa shape index (κ3) is 7.09. The van der Waals surface area contributed by atoms with Gasteiger partial charge in [0.25, 0.3) is 5.92 Å². The third-order valence-electron chi connectivity index (χ3n) is 6.92. The molecule has 0 aliphatic heterocycles. The largest absolute Gasteiger partial charge is 0.461 e. The summed E-state index contributed by atoms with van der Waals surface area (Å²) in [5.41, 5.74) is -1.52. The Morgan fingerprint density at radius 2 is 1.61 bits per heavy atom. The van der Waals surface area contributed by atoms with Crippen molar-refractivity contribution in [1.82, 2.24) is 10.6 Å². The standard InChI is InChI=1S/C29H26F8N2O2/c30-21-11-9-19(10-12-21)27(17-18-6-2-1-3-7-18,39-26(40)38-24-8-4-5-13-28(24,34)35)20-14-22(31)16-23(15-20)41-29(36,37)25(32)33/h1-3,6-7,9-12,14-16,24-25H,4-5,8,13,17H2,(H2,38,39,40). The Kier molecular flexibility index (Phi) is 8.79. The van der Waals surface area contributed by atoms with E-state index in [1.807, 2.05) is 0 Å². The van der Waals surface area contributed by atoms with Gasteiger partial charge in [0.2, 0.25) is 0 Å². The van der Waals surface area contributed by atoms with Crippen LogP contribution in [0, 0.1) is 11.6 Å². The van der Waals surface area contributed by atoms with Gasteiger partial charge in [-0.2, -0.15) is 17.6 Å². The highest BCUT2D eigenvalue weighted by Gasteiger charge is 2.46. The van der Waals surface area contributed by atoms with Crippen LogP contribution in [0.4, 0.5) is 39.9 Å². The van der Waals surface area contributed by atoms with E-state index in [1.54, 1.807) is 30.3 Å². The molecule has 41 heavy (non-hydrogen) atoms. The van der Waals surface area contributed by atoms with Gasteiger partial charge in [-0.15, -0.1) is 0 Å². The van der Waals surface area contributed by atoms with Crippen molar-refractivity contribution >= 4 is 6.03 Å². The number of benzene rings is 3. The molecule has 4 rings (SSSR count). The minimum absolute atomic E-state index is 0.0106. The van der Waals surface area contributed by atoms with Crippen LogP contribution in [-0.4, -0.2) is 30.5 Å². The van der Waals surface area contributed by atoms with Gasteiger partial charge < -0.3 is 15.4 Å². The lowest BCUT2D eigenvalue weighted by Crippen LogP contribution is -2.57. The number of alkyl halides is 6. The molecule has 1 aliphatic rings. The molecule has 2 N–H and O–H groups in total. The van der Waals surface area contributed by atoms with Crippen molar-refractivity contribution in [3.63, 3.8) is 0 Å². The number of carbonyl (C=O) groups is 1. The molecule has 0 spiro atoms. The molecule has 0 radical (unpaired) electrons. The molecule has 2 amide bonds. The van der Waals surface area contributed by atoms with Gasteiger partial charge in [-0.3, -0.25) is 0 Å². The monoisotopic (exact) mass is 586 g/mol. The number of nitrogens with one attached hydrogen (secondary N) is 2. The van der Waals surface area contributed by atoms with Crippen LogP contribution in [0.2, 0.25) is 0 Å². The maximum absolute atomic E-state index is 14.9. The zero-order valence-electron chi connectivity index (χ0n) is 21.5. The molecule has 1 aliphatic carbocycles. The van der Waals surface area contributed by atoms with Crippen molar-refractivity contribution in [3.05, 3.63) is 101 Å². The highest BCUT2D eigenvalue weighted by molar-refractivity contribution is 5.76. The minimum Gasteiger partial charge on any atom is -0.428 e. The number of halogens is 8. The fraction of sp³-hybridized carbons (Fsp3) is 0.345. The van der Waals surface area contributed by atoms with E-state index in [2.05, 4.69) is 15.4 Å². The van der Waals surface area contributed by atoms with Gasteiger partial charge in [-0.05, 0) is 53.8 Å². The predicted molar refractivity (Wildman–Crippen MR) is 134 cm³/mol. The van der Waals surface area contributed by atoms with E-state index in [1.165, 1.54) is 12.1 Å². The molecule has 3 aromatic rings. The van der Waals surface area contributed by atoms with Crippen LogP contribution in [0.15, 0.2) is 72.8 Å². The topological polar surface area (TPSA) is 50.4 Å². The lowest BCUT2D eigenvalue weighted by Gasteiger charge is -2.38. The summed E-state index contributed by atoms with van der Waals surface area (Å²) in [4.78, 5) is 13.3. The second-order valence-corrected chi connectivity index (χ2v) is 9.87. The van der Waals surface area contributed by atoms with Gasteiger partial charge in [0.15, 0.2) is 0 Å². The summed E-state index contributed by atoms with van der Waals surface area (Å²) in [6.07, 6.45) is -9.15. The summed E-state index contributed by atoms with van der Waals surface area (Å²) in [5, 5.41) is 4.86. The first-order valence-corrected chi connectivity index (χ1v) is 12.7. The molecule has 0 bridgehead atoms. The molecule has 2 atom stereocenters. The van der Waals surface area contributed by atoms with Crippen LogP contribution in [-0.2, 0) is 12.0 Å². The van der Waals surface area contributed by atoms with E-state index in [-0.39, 0.29) is 30.4 Å². The van der Waals surface area contributed by atoms with Gasteiger partial charge in [-0.25, -0.2) is 22.4 Å². The first-order chi connectivity index (χ1) is 19.3. The lowest BCUT2D eigenvalue weighted by molar-refractivity contribution is -0.253. The molecular formula is C29H26F8N2O2. The zero-order valence-corrected chi connectivity index (χ0v) is 21.5. The Balaban J connectivity index is 1.85. The number of carbonyl (C=O) groups excluding carboxylic acids is 1. The molecule has 1 saturated carbocycles. The van der Waals surface area contributed by atoms with Crippen LogP contribution in [0.25, 0.3) is 0 Å². The average molecular weight is 587 g/mol. The van der Waals surface area contributed by atoms with Gasteiger partial charge >= 0.3 is 18.6 Å². The van der Waals surface area contributed by atoms with E-state index in [0.717, 1.165) is 24.3 Å². The van der Waals surface area contributed by atoms with Gasteiger partial charge in [-0.1, -0.05) is 48.9 Å². The number of urea groups is 1.